The van der Waals surface area contributed by atoms with E-state index in [0.29, 0.717) is 25.8 Å². The highest BCUT2D eigenvalue weighted by molar-refractivity contribution is 7.53. The predicted molar refractivity (Wildman–Crippen MR) is 102 cm³/mol. The second-order valence-corrected chi connectivity index (χ2v) is 8.49. The van der Waals surface area contributed by atoms with Gasteiger partial charge in [0, 0.05) is 5.92 Å². The molecule has 0 saturated carbocycles. The predicted octanol–water partition coefficient (Wildman–Crippen LogP) is 2.36. The van der Waals surface area contributed by atoms with Crippen molar-refractivity contribution < 1.29 is 29.1 Å². The van der Waals surface area contributed by atoms with Gasteiger partial charge < -0.3 is 25.0 Å². The lowest BCUT2D eigenvalue weighted by atomic mass is 9.84. The summed E-state index contributed by atoms with van der Waals surface area (Å²) >= 11 is 0. The second-order valence-electron chi connectivity index (χ2n) is 6.69. The van der Waals surface area contributed by atoms with Crippen LogP contribution in [0.1, 0.15) is 38.2 Å². The zero-order valence-corrected chi connectivity index (χ0v) is 16.2. The first-order valence-corrected chi connectivity index (χ1v) is 10.8. The number of carbonyl (C=O) groups is 1. The Morgan fingerprint density at radius 3 is 2.67 bits per heavy atom. The average molecular weight is 398 g/mol. The SMILES string of the molecule is CCCC(C(=NOCc1ccccc1)C1CCCNC1C(=O)O)P(=O)(O)O. The van der Waals surface area contributed by atoms with Gasteiger partial charge >= 0.3 is 13.6 Å². The molecule has 150 valence electrons. The molecule has 0 spiro atoms. The van der Waals surface area contributed by atoms with Crippen molar-refractivity contribution in [2.24, 2.45) is 11.1 Å². The Morgan fingerprint density at radius 2 is 2.07 bits per heavy atom. The molecule has 0 bridgehead atoms. The van der Waals surface area contributed by atoms with Crippen molar-refractivity contribution in [2.45, 2.75) is 50.9 Å². The van der Waals surface area contributed by atoms with Gasteiger partial charge in [-0.3, -0.25) is 9.36 Å². The van der Waals surface area contributed by atoms with Gasteiger partial charge in [-0.1, -0.05) is 48.8 Å². The van der Waals surface area contributed by atoms with E-state index in [1.54, 1.807) is 0 Å². The van der Waals surface area contributed by atoms with E-state index in [9.17, 15) is 24.3 Å². The van der Waals surface area contributed by atoms with Crippen molar-refractivity contribution in [3.05, 3.63) is 35.9 Å². The van der Waals surface area contributed by atoms with Crippen LogP contribution in [-0.2, 0) is 20.8 Å². The van der Waals surface area contributed by atoms with Crippen LogP contribution in [0.4, 0.5) is 0 Å². The van der Waals surface area contributed by atoms with Crippen molar-refractivity contribution in [1.82, 2.24) is 5.32 Å². The van der Waals surface area contributed by atoms with Gasteiger partial charge in [-0.2, -0.15) is 0 Å². The van der Waals surface area contributed by atoms with Gasteiger partial charge in [-0.15, -0.1) is 0 Å². The summed E-state index contributed by atoms with van der Waals surface area (Å²) in [6.07, 6.45) is 1.93. The number of rotatable bonds is 9. The van der Waals surface area contributed by atoms with Crippen LogP contribution in [0, 0.1) is 5.92 Å². The van der Waals surface area contributed by atoms with E-state index in [0.717, 1.165) is 5.56 Å². The molecule has 9 heteroatoms. The van der Waals surface area contributed by atoms with Crippen LogP contribution in [0.3, 0.4) is 0 Å². The first kappa shape index (κ1) is 21.6. The van der Waals surface area contributed by atoms with Crippen molar-refractivity contribution in [1.29, 1.82) is 0 Å². The molecule has 1 aromatic carbocycles. The maximum Gasteiger partial charge on any atom is 0.334 e. The minimum absolute atomic E-state index is 0.140. The standard InChI is InChI=1S/C18H27N2O6P/c1-2-7-15(27(23,24)25)16(14-10-6-11-19-17(14)18(21)22)20-26-12-13-8-4-3-5-9-13/h3-5,8-9,14-15,17,19H,2,6-7,10-12H2,1H3,(H,21,22)(H2,23,24,25). The molecule has 1 aromatic rings. The number of nitrogens with zero attached hydrogens (tertiary/aromatic N) is 1. The summed E-state index contributed by atoms with van der Waals surface area (Å²) in [4.78, 5) is 36.8. The third-order valence-corrected chi connectivity index (χ3v) is 5.99. The number of piperidine rings is 1. The highest BCUT2D eigenvalue weighted by Gasteiger charge is 2.43. The Hall–Kier alpha value is -1.73. The fourth-order valence-corrected chi connectivity index (χ4v) is 4.54. The highest BCUT2D eigenvalue weighted by Crippen LogP contribution is 2.46. The van der Waals surface area contributed by atoms with E-state index >= 15 is 0 Å². The third-order valence-electron chi connectivity index (χ3n) is 4.66. The minimum Gasteiger partial charge on any atom is -0.480 e. The average Bonchev–Trinajstić information content (AvgIpc) is 2.64. The van der Waals surface area contributed by atoms with Gasteiger partial charge in [0.1, 0.15) is 18.3 Å². The molecule has 1 heterocycles. The van der Waals surface area contributed by atoms with Crippen molar-refractivity contribution in [2.75, 3.05) is 6.54 Å². The molecule has 3 unspecified atom stereocenters. The topological polar surface area (TPSA) is 128 Å². The van der Waals surface area contributed by atoms with Crippen molar-refractivity contribution in [3.63, 3.8) is 0 Å². The number of benzene rings is 1. The van der Waals surface area contributed by atoms with Gasteiger partial charge in [0.05, 0.1) is 5.71 Å². The number of hydrogen-bond donors (Lipinski definition) is 4. The molecular weight excluding hydrogens is 371 g/mol. The molecule has 0 radical (unpaired) electrons. The summed E-state index contributed by atoms with van der Waals surface area (Å²) in [6.45, 7) is 2.50. The lowest BCUT2D eigenvalue weighted by Gasteiger charge is -2.33. The van der Waals surface area contributed by atoms with Crippen LogP contribution < -0.4 is 5.32 Å². The number of hydrogen-bond acceptors (Lipinski definition) is 5. The summed E-state index contributed by atoms with van der Waals surface area (Å²) in [5.41, 5.74) is -0.147. The van der Waals surface area contributed by atoms with Crippen LogP contribution in [0.5, 0.6) is 0 Å². The smallest absolute Gasteiger partial charge is 0.334 e. The number of nitrogens with one attached hydrogen (secondary N) is 1. The van der Waals surface area contributed by atoms with Gasteiger partial charge in [0.2, 0.25) is 0 Å². The summed E-state index contributed by atoms with van der Waals surface area (Å²) in [5.74, 6) is -1.69. The first-order valence-electron chi connectivity index (χ1n) is 9.09. The zero-order chi connectivity index (χ0) is 19.9. The van der Waals surface area contributed by atoms with Crippen LogP contribution in [0.2, 0.25) is 0 Å². The molecule has 27 heavy (non-hydrogen) atoms. The first-order chi connectivity index (χ1) is 12.8. The fourth-order valence-electron chi connectivity index (χ4n) is 3.36. The molecule has 2 rings (SSSR count). The molecule has 1 saturated heterocycles. The van der Waals surface area contributed by atoms with E-state index in [1.165, 1.54) is 0 Å². The molecule has 1 aliphatic rings. The molecule has 3 atom stereocenters. The van der Waals surface area contributed by atoms with Crippen LogP contribution >= 0.6 is 7.60 Å². The van der Waals surface area contributed by atoms with Crippen LogP contribution in [-0.4, -0.2) is 44.8 Å². The summed E-state index contributed by atoms with van der Waals surface area (Å²) in [5, 5.41) is 16.5. The number of carboxylic acids is 1. The lowest BCUT2D eigenvalue weighted by Crippen LogP contribution is -2.51. The summed E-state index contributed by atoms with van der Waals surface area (Å²) < 4.78 is 12.1. The monoisotopic (exact) mass is 398 g/mol. The van der Waals surface area contributed by atoms with E-state index in [2.05, 4.69) is 10.5 Å². The second kappa shape index (κ2) is 9.99. The Balaban J connectivity index is 2.32. The molecule has 0 amide bonds. The Kier molecular flexibility index (Phi) is 7.98. The molecule has 1 aliphatic heterocycles. The lowest BCUT2D eigenvalue weighted by molar-refractivity contribution is -0.140. The third kappa shape index (κ3) is 6.14. The Morgan fingerprint density at radius 1 is 1.37 bits per heavy atom. The van der Waals surface area contributed by atoms with Gasteiger partial charge in [0.15, 0.2) is 0 Å². The molecule has 0 aromatic heterocycles. The van der Waals surface area contributed by atoms with Crippen LogP contribution in [0.25, 0.3) is 0 Å². The number of aliphatic carboxylic acids is 1. The van der Waals surface area contributed by atoms with E-state index in [-0.39, 0.29) is 18.7 Å². The van der Waals surface area contributed by atoms with E-state index in [4.69, 9.17) is 4.84 Å². The van der Waals surface area contributed by atoms with Crippen molar-refractivity contribution in [3.8, 4) is 0 Å². The highest BCUT2D eigenvalue weighted by atomic mass is 31.2. The largest absolute Gasteiger partial charge is 0.480 e. The molecular formula is C18H27N2O6P. The van der Waals surface area contributed by atoms with Crippen LogP contribution in [0.15, 0.2) is 35.5 Å². The number of oxime groups is 1. The molecule has 8 nitrogen and oxygen atoms in total. The fraction of sp³-hybridized carbons (Fsp3) is 0.556. The molecule has 1 fully saturated rings. The quantitative estimate of drug-likeness (QED) is 0.285. The molecule has 0 aliphatic carbocycles. The van der Waals surface area contributed by atoms with Crippen molar-refractivity contribution >= 4 is 19.3 Å². The molecule has 4 N–H and O–H groups in total. The summed E-state index contributed by atoms with van der Waals surface area (Å²) in [7, 11) is -4.52. The van der Waals surface area contributed by atoms with Gasteiger partial charge in [-0.25, -0.2) is 0 Å². The maximum atomic E-state index is 12.1. The maximum absolute atomic E-state index is 12.1. The van der Waals surface area contributed by atoms with Gasteiger partial charge in [-0.05, 0) is 31.4 Å². The van der Waals surface area contributed by atoms with Gasteiger partial charge in [0.25, 0.3) is 0 Å². The Labute approximate surface area is 158 Å². The van der Waals surface area contributed by atoms with E-state index in [1.807, 2.05) is 37.3 Å². The minimum atomic E-state index is -4.52. The zero-order valence-electron chi connectivity index (χ0n) is 15.3. The Bertz CT molecular complexity index is 690. The normalized spacial score (nSPS) is 22.3. The van der Waals surface area contributed by atoms with E-state index < -0.39 is 31.2 Å². The summed E-state index contributed by atoms with van der Waals surface area (Å²) in [6, 6.07) is 8.33. The number of carboxylic acid groups (broad SMARTS) is 1.